The second-order valence-corrected chi connectivity index (χ2v) is 6.74. The van der Waals surface area contributed by atoms with Crippen LogP contribution in [-0.2, 0) is 9.53 Å². The van der Waals surface area contributed by atoms with Gasteiger partial charge in [-0.2, -0.15) is 13.2 Å². The summed E-state index contributed by atoms with van der Waals surface area (Å²) in [6, 6.07) is 4.52. The normalized spacial score (nSPS) is 13.5. The molecule has 0 bridgehead atoms. The molecular weight excluding hydrogens is 415 g/mol. The number of hydrogen-bond acceptors (Lipinski definition) is 6. The van der Waals surface area contributed by atoms with Gasteiger partial charge in [0.15, 0.2) is 6.10 Å². The summed E-state index contributed by atoms with van der Waals surface area (Å²) in [7, 11) is 0. The van der Waals surface area contributed by atoms with Gasteiger partial charge in [-0.1, -0.05) is 19.1 Å². The van der Waals surface area contributed by atoms with Crippen LogP contribution < -0.4 is 10.1 Å². The van der Waals surface area contributed by atoms with Crippen molar-refractivity contribution in [2.24, 2.45) is 0 Å². The lowest BCUT2D eigenvalue weighted by atomic mass is 9.91. The Kier molecular flexibility index (Phi) is 8.61. The molecule has 0 unspecified atom stereocenters. The number of nitrogens with zero attached hydrogens (tertiary/aromatic N) is 2. The number of carboxylic acids is 1. The molecule has 0 radical (unpaired) electrons. The predicted octanol–water partition coefficient (Wildman–Crippen LogP) is 5.23. The summed E-state index contributed by atoms with van der Waals surface area (Å²) in [6.07, 6.45) is -3.59. The number of aliphatic carboxylic acids is 1. The second-order valence-electron chi connectivity index (χ2n) is 6.74. The van der Waals surface area contributed by atoms with Crippen molar-refractivity contribution in [1.29, 1.82) is 0 Å². The van der Waals surface area contributed by atoms with Gasteiger partial charge in [-0.3, -0.25) is 4.79 Å². The van der Waals surface area contributed by atoms with Crippen LogP contribution in [0.1, 0.15) is 56.8 Å². The molecule has 0 aliphatic heterocycles. The van der Waals surface area contributed by atoms with Gasteiger partial charge in [0.25, 0.3) is 0 Å². The van der Waals surface area contributed by atoms with Crippen LogP contribution in [0, 0.1) is 0 Å². The Labute approximate surface area is 178 Å². The first-order chi connectivity index (χ1) is 14.7. The summed E-state index contributed by atoms with van der Waals surface area (Å²) in [4.78, 5) is 19.2. The van der Waals surface area contributed by atoms with E-state index in [1.807, 2.05) is 6.92 Å². The first-order valence-electron chi connectivity index (χ1n) is 9.95. The van der Waals surface area contributed by atoms with Gasteiger partial charge < -0.3 is 19.9 Å². The van der Waals surface area contributed by atoms with Gasteiger partial charge in [0.05, 0.1) is 31.1 Å². The number of hydrogen-bond donors (Lipinski definition) is 2. The highest BCUT2D eigenvalue weighted by molar-refractivity contribution is 5.69. The molecule has 0 fully saturated rings. The largest absolute Gasteiger partial charge is 0.481 e. The summed E-state index contributed by atoms with van der Waals surface area (Å²) in [6.45, 7) is 5.34. The highest BCUT2D eigenvalue weighted by Crippen LogP contribution is 2.41. The molecule has 2 aromatic rings. The first-order valence-corrected chi connectivity index (χ1v) is 9.95. The summed E-state index contributed by atoms with van der Waals surface area (Å²) < 4.78 is 51.2. The molecule has 2 N–H and O–H groups in total. The third-order valence-corrected chi connectivity index (χ3v) is 4.56. The number of carbonyl (C=O) groups is 1. The van der Waals surface area contributed by atoms with Crippen LogP contribution in [0.5, 0.6) is 6.01 Å². The van der Waals surface area contributed by atoms with Crippen LogP contribution in [0.15, 0.2) is 30.6 Å². The van der Waals surface area contributed by atoms with Crippen LogP contribution in [0.3, 0.4) is 0 Å². The van der Waals surface area contributed by atoms with E-state index in [-0.39, 0.29) is 36.2 Å². The summed E-state index contributed by atoms with van der Waals surface area (Å²) in [5.41, 5.74) is 0.994. The van der Waals surface area contributed by atoms with E-state index in [4.69, 9.17) is 14.6 Å². The van der Waals surface area contributed by atoms with E-state index >= 15 is 0 Å². The molecule has 0 spiro atoms. The smallest absolute Gasteiger partial charge is 0.418 e. The Morgan fingerprint density at radius 1 is 1.16 bits per heavy atom. The molecule has 10 heteroatoms. The van der Waals surface area contributed by atoms with Gasteiger partial charge >= 0.3 is 18.2 Å². The molecule has 1 aromatic carbocycles. The standard InChI is InChI=1S/C21H26F3N3O4/c1-4-13(10-18(28)29)14-7-8-16(19(30-5-2)21(22,23)24)17(9-14)27-15-11-25-20(26-12-15)31-6-3/h7-9,11-13,19,27H,4-6,10H2,1-3H3,(H,28,29)/t13-,19-/m0/s1. The number of halogens is 3. The molecule has 2 atom stereocenters. The lowest BCUT2D eigenvalue weighted by Crippen LogP contribution is -2.24. The second kappa shape index (κ2) is 10.9. The zero-order valence-electron chi connectivity index (χ0n) is 17.6. The SMILES string of the molecule is CCOc1ncc(Nc2cc([C@@H](CC)CC(=O)O)ccc2[C@H](OCC)C(F)(F)F)cn1. The molecule has 31 heavy (non-hydrogen) atoms. The first kappa shape index (κ1) is 24.4. The van der Waals surface area contributed by atoms with Crippen molar-refractivity contribution >= 4 is 17.3 Å². The summed E-state index contributed by atoms with van der Waals surface area (Å²) in [5.74, 6) is -1.33. The number of anilines is 2. The van der Waals surface area contributed by atoms with E-state index in [2.05, 4.69) is 15.3 Å². The maximum Gasteiger partial charge on any atom is 0.418 e. The van der Waals surface area contributed by atoms with E-state index in [1.165, 1.54) is 37.5 Å². The Balaban J connectivity index is 2.49. The monoisotopic (exact) mass is 441 g/mol. The van der Waals surface area contributed by atoms with Crippen molar-refractivity contribution < 1.29 is 32.5 Å². The van der Waals surface area contributed by atoms with Gasteiger partial charge in [0.2, 0.25) is 0 Å². The van der Waals surface area contributed by atoms with Gasteiger partial charge in [0, 0.05) is 17.9 Å². The van der Waals surface area contributed by atoms with Crippen molar-refractivity contribution in [2.75, 3.05) is 18.5 Å². The van der Waals surface area contributed by atoms with Crippen molar-refractivity contribution in [3.8, 4) is 6.01 Å². The number of alkyl halides is 3. The maximum absolute atomic E-state index is 13.7. The molecule has 1 heterocycles. The molecular formula is C21H26F3N3O4. The van der Waals surface area contributed by atoms with Crippen molar-refractivity contribution in [2.45, 2.75) is 51.8 Å². The number of benzene rings is 1. The number of rotatable bonds is 11. The van der Waals surface area contributed by atoms with Crippen molar-refractivity contribution in [3.63, 3.8) is 0 Å². The molecule has 0 saturated heterocycles. The zero-order chi connectivity index (χ0) is 23.0. The minimum atomic E-state index is -4.63. The fourth-order valence-electron chi connectivity index (χ4n) is 3.14. The molecule has 1 aromatic heterocycles. The number of aromatic nitrogens is 2. The fourth-order valence-corrected chi connectivity index (χ4v) is 3.14. The molecule has 0 aliphatic carbocycles. The summed E-state index contributed by atoms with van der Waals surface area (Å²) >= 11 is 0. The summed E-state index contributed by atoms with van der Waals surface area (Å²) in [5, 5.41) is 12.1. The van der Waals surface area contributed by atoms with Crippen LogP contribution >= 0.6 is 0 Å². The third kappa shape index (κ3) is 6.81. The average Bonchev–Trinajstić information content (AvgIpc) is 2.71. The Bertz CT molecular complexity index is 860. The number of carboxylic acid groups (broad SMARTS) is 1. The van der Waals surface area contributed by atoms with Gasteiger partial charge in [0.1, 0.15) is 0 Å². The van der Waals surface area contributed by atoms with Crippen LogP contribution in [0.2, 0.25) is 0 Å². The van der Waals surface area contributed by atoms with Crippen LogP contribution in [0.25, 0.3) is 0 Å². The lowest BCUT2D eigenvalue weighted by Gasteiger charge is -2.25. The highest BCUT2D eigenvalue weighted by Gasteiger charge is 2.43. The minimum absolute atomic E-state index is 0.114. The lowest BCUT2D eigenvalue weighted by molar-refractivity contribution is -0.222. The molecule has 0 aliphatic rings. The minimum Gasteiger partial charge on any atom is -0.481 e. The van der Waals surface area contributed by atoms with Gasteiger partial charge in [-0.05, 0) is 37.8 Å². The van der Waals surface area contributed by atoms with E-state index in [0.717, 1.165) is 0 Å². The molecule has 0 saturated carbocycles. The fraction of sp³-hybridized carbons (Fsp3) is 0.476. The topological polar surface area (TPSA) is 93.6 Å². The van der Waals surface area contributed by atoms with E-state index in [0.29, 0.717) is 24.3 Å². The number of nitrogens with one attached hydrogen (secondary N) is 1. The van der Waals surface area contributed by atoms with Gasteiger partial charge in [-0.25, -0.2) is 9.97 Å². The van der Waals surface area contributed by atoms with E-state index in [9.17, 15) is 18.0 Å². The number of ether oxygens (including phenoxy) is 2. The van der Waals surface area contributed by atoms with Crippen LogP contribution in [0.4, 0.5) is 24.5 Å². The molecule has 170 valence electrons. The Morgan fingerprint density at radius 2 is 1.84 bits per heavy atom. The third-order valence-electron chi connectivity index (χ3n) is 4.56. The average molecular weight is 441 g/mol. The Morgan fingerprint density at radius 3 is 2.35 bits per heavy atom. The molecule has 7 nitrogen and oxygen atoms in total. The molecule has 0 amide bonds. The quantitative estimate of drug-likeness (QED) is 0.493. The maximum atomic E-state index is 13.7. The van der Waals surface area contributed by atoms with E-state index < -0.39 is 18.2 Å². The Hall–Kier alpha value is -2.88. The highest BCUT2D eigenvalue weighted by atomic mass is 19.4. The van der Waals surface area contributed by atoms with Crippen molar-refractivity contribution in [1.82, 2.24) is 9.97 Å². The van der Waals surface area contributed by atoms with E-state index in [1.54, 1.807) is 6.92 Å². The van der Waals surface area contributed by atoms with Crippen molar-refractivity contribution in [3.05, 3.63) is 41.7 Å². The van der Waals surface area contributed by atoms with Gasteiger partial charge in [-0.15, -0.1) is 0 Å². The van der Waals surface area contributed by atoms with Crippen LogP contribution in [-0.4, -0.2) is 40.4 Å². The predicted molar refractivity (Wildman–Crippen MR) is 109 cm³/mol. The zero-order valence-corrected chi connectivity index (χ0v) is 17.6. The molecule has 2 rings (SSSR count).